The monoisotopic (exact) mass is 306 g/mol. The average Bonchev–Trinajstić information content (AvgIpc) is 3.11. The minimum atomic E-state index is 0.233. The van der Waals surface area contributed by atoms with Crippen LogP contribution in [0.5, 0.6) is 5.75 Å². The number of likely N-dealkylation sites (tertiary alicyclic amines) is 1. The molecule has 0 saturated carbocycles. The van der Waals surface area contributed by atoms with Gasteiger partial charge < -0.3 is 9.63 Å². The van der Waals surface area contributed by atoms with Crippen molar-refractivity contribution < 1.29 is 9.63 Å². The van der Waals surface area contributed by atoms with Gasteiger partial charge in [0.05, 0.1) is 11.7 Å². The summed E-state index contributed by atoms with van der Waals surface area (Å²) >= 11 is 6.02. The quantitative estimate of drug-likeness (QED) is 0.929. The first-order chi connectivity index (χ1) is 10.2. The maximum atomic E-state index is 9.97. The molecular formula is C16H19ClN2O2. The summed E-state index contributed by atoms with van der Waals surface area (Å²) in [6.45, 7) is 3.72. The summed E-state index contributed by atoms with van der Waals surface area (Å²) in [4.78, 5) is 2.31. The SMILES string of the molecule is CCc1cc([C@H]2CCCN2Cc2cc(Cl)ccc2O)on1. The van der Waals surface area contributed by atoms with Crippen LogP contribution in [-0.4, -0.2) is 21.7 Å². The summed E-state index contributed by atoms with van der Waals surface area (Å²) in [6, 6.07) is 7.44. The molecule has 1 aromatic heterocycles. The van der Waals surface area contributed by atoms with Gasteiger partial charge in [-0.3, -0.25) is 4.90 Å². The predicted molar refractivity (Wildman–Crippen MR) is 81.4 cm³/mol. The summed E-state index contributed by atoms with van der Waals surface area (Å²) in [5.74, 6) is 1.21. The van der Waals surface area contributed by atoms with E-state index in [9.17, 15) is 5.11 Å². The van der Waals surface area contributed by atoms with Crippen LogP contribution in [0.3, 0.4) is 0 Å². The first-order valence-electron chi connectivity index (χ1n) is 7.34. The molecule has 0 amide bonds. The molecule has 0 aliphatic carbocycles. The Bertz CT molecular complexity index is 626. The number of aromatic nitrogens is 1. The molecule has 2 heterocycles. The third kappa shape index (κ3) is 3.06. The van der Waals surface area contributed by atoms with Gasteiger partial charge in [0, 0.05) is 23.2 Å². The molecule has 1 N–H and O–H groups in total. The molecule has 4 nitrogen and oxygen atoms in total. The zero-order chi connectivity index (χ0) is 14.8. The number of aryl methyl sites for hydroxylation is 1. The number of benzene rings is 1. The van der Waals surface area contributed by atoms with E-state index in [1.807, 2.05) is 12.1 Å². The van der Waals surface area contributed by atoms with E-state index in [0.29, 0.717) is 11.6 Å². The Kier molecular flexibility index (Phi) is 4.17. The highest BCUT2D eigenvalue weighted by Crippen LogP contribution is 2.35. The third-order valence-electron chi connectivity index (χ3n) is 4.05. The van der Waals surface area contributed by atoms with Crippen LogP contribution < -0.4 is 0 Å². The lowest BCUT2D eigenvalue weighted by Crippen LogP contribution is -2.22. The molecule has 1 aromatic carbocycles. The standard InChI is InChI=1S/C16H19ClN2O2/c1-2-13-9-16(21-18-13)14-4-3-7-19(14)10-11-8-12(17)5-6-15(11)20/h5-6,8-9,14,20H,2-4,7,10H2,1H3/t14-/m1/s1. The van der Waals surface area contributed by atoms with E-state index in [-0.39, 0.29) is 11.8 Å². The van der Waals surface area contributed by atoms with Crippen LogP contribution in [-0.2, 0) is 13.0 Å². The highest BCUT2D eigenvalue weighted by molar-refractivity contribution is 6.30. The molecule has 1 aliphatic rings. The smallest absolute Gasteiger partial charge is 0.154 e. The first kappa shape index (κ1) is 14.4. The number of nitrogens with zero attached hydrogens (tertiary/aromatic N) is 2. The van der Waals surface area contributed by atoms with Crippen molar-refractivity contribution in [2.75, 3.05) is 6.54 Å². The van der Waals surface area contributed by atoms with Gasteiger partial charge in [0.1, 0.15) is 5.75 Å². The molecule has 0 bridgehead atoms. The van der Waals surface area contributed by atoms with Gasteiger partial charge >= 0.3 is 0 Å². The van der Waals surface area contributed by atoms with E-state index in [1.54, 1.807) is 12.1 Å². The largest absolute Gasteiger partial charge is 0.508 e. The van der Waals surface area contributed by atoms with Gasteiger partial charge in [-0.1, -0.05) is 23.7 Å². The molecule has 2 aromatic rings. The van der Waals surface area contributed by atoms with E-state index in [4.69, 9.17) is 16.1 Å². The Balaban J connectivity index is 1.79. The summed E-state index contributed by atoms with van der Waals surface area (Å²) in [5, 5.41) is 14.7. The second-order valence-corrected chi connectivity index (χ2v) is 5.91. The number of phenols is 1. The molecule has 0 unspecified atom stereocenters. The van der Waals surface area contributed by atoms with E-state index < -0.39 is 0 Å². The van der Waals surface area contributed by atoms with Gasteiger partial charge in [0.25, 0.3) is 0 Å². The maximum absolute atomic E-state index is 9.97. The van der Waals surface area contributed by atoms with Crippen molar-refractivity contribution in [1.82, 2.24) is 10.1 Å². The maximum Gasteiger partial charge on any atom is 0.154 e. The van der Waals surface area contributed by atoms with Gasteiger partial charge in [-0.15, -0.1) is 0 Å². The Hall–Kier alpha value is -1.52. The van der Waals surface area contributed by atoms with Crippen LogP contribution in [0.2, 0.25) is 5.02 Å². The third-order valence-corrected chi connectivity index (χ3v) is 4.28. The fourth-order valence-electron chi connectivity index (χ4n) is 2.89. The summed E-state index contributed by atoms with van der Waals surface area (Å²) < 4.78 is 5.48. The molecule has 0 radical (unpaired) electrons. The lowest BCUT2D eigenvalue weighted by Gasteiger charge is -2.22. The Labute approximate surface area is 129 Å². The van der Waals surface area contributed by atoms with E-state index in [0.717, 1.165) is 42.8 Å². The normalized spacial score (nSPS) is 19.2. The number of hydrogen-bond donors (Lipinski definition) is 1. The number of rotatable bonds is 4. The topological polar surface area (TPSA) is 49.5 Å². The van der Waals surface area contributed by atoms with Crippen LogP contribution in [0.25, 0.3) is 0 Å². The molecule has 0 spiro atoms. The average molecular weight is 307 g/mol. The highest BCUT2D eigenvalue weighted by atomic mass is 35.5. The number of hydrogen-bond acceptors (Lipinski definition) is 4. The number of aromatic hydroxyl groups is 1. The van der Waals surface area contributed by atoms with Crippen LogP contribution in [0, 0.1) is 0 Å². The second kappa shape index (κ2) is 6.08. The highest BCUT2D eigenvalue weighted by Gasteiger charge is 2.29. The Morgan fingerprint density at radius 3 is 3.05 bits per heavy atom. The van der Waals surface area contributed by atoms with Crippen molar-refractivity contribution in [1.29, 1.82) is 0 Å². The van der Waals surface area contributed by atoms with Crippen molar-refractivity contribution in [3.8, 4) is 5.75 Å². The number of halogens is 1. The molecule has 112 valence electrons. The van der Waals surface area contributed by atoms with Crippen LogP contribution >= 0.6 is 11.6 Å². The van der Waals surface area contributed by atoms with Crippen molar-refractivity contribution in [3.63, 3.8) is 0 Å². The molecule has 21 heavy (non-hydrogen) atoms. The van der Waals surface area contributed by atoms with Gasteiger partial charge in [0.2, 0.25) is 0 Å². The molecule has 1 atom stereocenters. The van der Waals surface area contributed by atoms with Crippen molar-refractivity contribution in [2.45, 2.75) is 38.8 Å². The van der Waals surface area contributed by atoms with Gasteiger partial charge in [-0.25, -0.2) is 0 Å². The first-order valence-corrected chi connectivity index (χ1v) is 7.72. The minimum Gasteiger partial charge on any atom is -0.508 e. The van der Waals surface area contributed by atoms with Crippen LogP contribution in [0.15, 0.2) is 28.8 Å². The molecule has 5 heteroatoms. The summed E-state index contributed by atoms with van der Waals surface area (Å²) in [7, 11) is 0. The van der Waals surface area contributed by atoms with Crippen molar-refractivity contribution in [2.24, 2.45) is 0 Å². The van der Waals surface area contributed by atoms with Gasteiger partial charge in [-0.05, 0) is 44.0 Å². The fraction of sp³-hybridized carbons (Fsp3) is 0.438. The van der Waals surface area contributed by atoms with Gasteiger partial charge in [-0.2, -0.15) is 0 Å². The minimum absolute atomic E-state index is 0.233. The van der Waals surface area contributed by atoms with Gasteiger partial charge in [0.15, 0.2) is 5.76 Å². The summed E-state index contributed by atoms with van der Waals surface area (Å²) in [5.41, 5.74) is 1.84. The molecule has 1 fully saturated rings. The van der Waals surface area contributed by atoms with Crippen LogP contribution in [0.4, 0.5) is 0 Å². The zero-order valence-corrected chi connectivity index (χ0v) is 12.8. The fourth-order valence-corrected chi connectivity index (χ4v) is 3.08. The Morgan fingerprint density at radius 2 is 2.29 bits per heavy atom. The molecule has 1 saturated heterocycles. The lowest BCUT2D eigenvalue weighted by atomic mass is 10.1. The second-order valence-electron chi connectivity index (χ2n) is 5.48. The molecule has 3 rings (SSSR count). The van der Waals surface area contributed by atoms with Crippen molar-refractivity contribution >= 4 is 11.6 Å². The zero-order valence-electron chi connectivity index (χ0n) is 12.1. The lowest BCUT2D eigenvalue weighted by molar-refractivity contribution is 0.204. The summed E-state index contributed by atoms with van der Waals surface area (Å²) in [6.07, 6.45) is 3.05. The van der Waals surface area contributed by atoms with E-state index >= 15 is 0 Å². The van der Waals surface area contributed by atoms with Crippen molar-refractivity contribution in [3.05, 3.63) is 46.3 Å². The van der Waals surface area contributed by atoms with E-state index in [1.165, 1.54) is 0 Å². The van der Waals surface area contributed by atoms with E-state index in [2.05, 4.69) is 17.0 Å². The molecular weight excluding hydrogens is 288 g/mol. The van der Waals surface area contributed by atoms with Crippen LogP contribution in [0.1, 0.15) is 42.8 Å². The predicted octanol–water partition coefficient (Wildman–Crippen LogP) is 3.93. The number of phenolic OH excluding ortho intramolecular Hbond substituents is 1. The Morgan fingerprint density at radius 1 is 1.43 bits per heavy atom. The molecule has 1 aliphatic heterocycles.